The summed E-state index contributed by atoms with van der Waals surface area (Å²) in [6.45, 7) is 4.62. The average Bonchev–Trinajstić information content (AvgIpc) is 2.25. The number of aliphatic hydroxyl groups is 1. The summed E-state index contributed by atoms with van der Waals surface area (Å²) in [6.07, 6.45) is 7.25. The van der Waals surface area contributed by atoms with Gasteiger partial charge in [-0.05, 0) is 39.3 Å². The Morgan fingerprint density at radius 1 is 1.19 bits per heavy atom. The molecule has 16 heavy (non-hydrogen) atoms. The van der Waals surface area contributed by atoms with E-state index in [9.17, 15) is 5.11 Å². The molecule has 3 nitrogen and oxygen atoms in total. The number of hydrogen-bond acceptors (Lipinski definition) is 3. The fourth-order valence-electron chi connectivity index (χ4n) is 2.16. The minimum Gasteiger partial charge on any atom is -0.393 e. The van der Waals surface area contributed by atoms with Gasteiger partial charge in [0.15, 0.2) is 0 Å². The second kappa shape index (κ2) is 8.66. The minimum absolute atomic E-state index is 0.0320. The molecule has 1 N–H and O–H groups in total. The van der Waals surface area contributed by atoms with E-state index >= 15 is 0 Å². The van der Waals surface area contributed by atoms with Gasteiger partial charge in [-0.15, -0.1) is 0 Å². The van der Waals surface area contributed by atoms with Crippen molar-refractivity contribution in [2.75, 3.05) is 33.2 Å². The van der Waals surface area contributed by atoms with E-state index in [1.54, 1.807) is 0 Å². The van der Waals surface area contributed by atoms with Gasteiger partial charge >= 0.3 is 0 Å². The molecule has 0 atom stereocenters. The molecule has 0 spiro atoms. The summed E-state index contributed by atoms with van der Waals surface area (Å²) in [7, 11) is 2.12. The smallest absolute Gasteiger partial charge is 0.0564 e. The fourth-order valence-corrected chi connectivity index (χ4v) is 2.50. The van der Waals surface area contributed by atoms with Crippen molar-refractivity contribution in [3.8, 4) is 0 Å². The molecule has 0 amide bonds. The number of aliphatic hydroxyl groups excluding tert-OH is 1. The quantitative estimate of drug-likeness (QED) is 0.438. The van der Waals surface area contributed by atoms with Gasteiger partial charge in [0.05, 0.1) is 6.10 Å². The van der Waals surface area contributed by atoms with Crippen molar-refractivity contribution in [2.24, 2.45) is 0 Å². The summed E-state index contributed by atoms with van der Waals surface area (Å²) in [5.74, 6) is 0. The maximum absolute atomic E-state index is 9.39. The lowest BCUT2D eigenvalue weighted by Gasteiger charge is -2.29. The Balaban J connectivity index is 1.87. The Bertz CT molecular complexity index is 170. The maximum Gasteiger partial charge on any atom is 0.0564 e. The van der Waals surface area contributed by atoms with Gasteiger partial charge in [0, 0.05) is 42.5 Å². The first-order valence-corrected chi connectivity index (χ1v) is 7.42. The third-order valence-electron chi connectivity index (χ3n) is 3.25. The van der Waals surface area contributed by atoms with Crippen LogP contribution >= 0.6 is 22.9 Å². The van der Waals surface area contributed by atoms with E-state index in [-0.39, 0.29) is 6.10 Å². The molecule has 0 aliphatic carbocycles. The Labute approximate surface area is 114 Å². The number of likely N-dealkylation sites (tertiary alicyclic amines) is 1. The normalized spacial score (nSPS) is 19.5. The SMILES string of the molecule is CN(I)CCCCCCN1CCC(O)CC1. The third-order valence-corrected chi connectivity index (χ3v) is 3.73. The van der Waals surface area contributed by atoms with Crippen molar-refractivity contribution in [1.82, 2.24) is 8.01 Å². The zero-order valence-electron chi connectivity index (χ0n) is 10.4. The van der Waals surface area contributed by atoms with Crippen LogP contribution in [0.2, 0.25) is 0 Å². The predicted molar refractivity (Wildman–Crippen MR) is 76.8 cm³/mol. The van der Waals surface area contributed by atoms with E-state index in [0.29, 0.717) is 0 Å². The van der Waals surface area contributed by atoms with Crippen LogP contribution in [-0.4, -0.2) is 52.5 Å². The van der Waals surface area contributed by atoms with Gasteiger partial charge in [0.2, 0.25) is 0 Å². The maximum atomic E-state index is 9.39. The molecule has 1 aliphatic heterocycles. The molecule has 0 unspecified atom stereocenters. The summed E-state index contributed by atoms with van der Waals surface area (Å²) < 4.78 is 2.23. The molecule has 0 aromatic rings. The lowest BCUT2D eigenvalue weighted by molar-refractivity contribution is 0.0817. The molecule has 4 heteroatoms. The van der Waals surface area contributed by atoms with Gasteiger partial charge in [-0.25, -0.2) is 0 Å². The highest BCUT2D eigenvalue weighted by Crippen LogP contribution is 2.11. The van der Waals surface area contributed by atoms with Gasteiger partial charge in [-0.1, -0.05) is 12.8 Å². The molecule has 0 saturated carbocycles. The first-order chi connectivity index (χ1) is 7.68. The van der Waals surface area contributed by atoms with Gasteiger partial charge in [-0.2, -0.15) is 0 Å². The van der Waals surface area contributed by atoms with Crippen LogP contribution in [0.3, 0.4) is 0 Å². The zero-order chi connectivity index (χ0) is 11.8. The van der Waals surface area contributed by atoms with Crippen LogP contribution in [0, 0.1) is 0 Å². The first kappa shape index (κ1) is 14.7. The molecule has 1 saturated heterocycles. The molecule has 0 aromatic heterocycles. The van der Waals surface area contributed by atoms with Crippen LogP contribution in [0.25, 0.3) is 0 Å². The third kappa shape index (κ3) is 7.04. The molecular weight excluding hydrogens is 315 g/mol. The number of nitrogens with zero attached hydrogens (tertiary/aromatic N) is 2. The van der Waals surface area contributed by atoms with E-state index in [1.165, 1.54) is 38.8 Å². The lowest BCUT2D eigenvalue weighted by Crippen LogP contribution is -2.36. The number of unbranched alkanes of at least 4 members (excludes halogenated alkanes) is 3. The van der Waals surface area contributed by atoms with Gasteiger partial charge in [-0.3, -0.25) is 3.11 Å². The van der Waals surface area contributed by atoms with E-state index in [2.05, 4.69) is 37.9 Å². The van der Waals surface area contributed by atoms with Gasteiger partial charge in [0.25, 0.3) is 0 Å². The Morgan fingerprint density at radius 3 is 2.44 bits per heavy atom. The highest BCUT2D eigenvalue weighted by atomic mass is 127. The summed E-state index contributed by atoms with van der Waals surface area (Å²) in [5, 5.41) is 9.39. The monoisotopic (exact) mass is 340 g/mol. The zero-order valence-corrected chi connectivity index (χ0v) is 12.5. The van der Waals surface area contributed by atoms with Crippen LogP contribution in [0.1, 0.15) is 38.5 Å². The summed E-state index contributed by atoms with van der Waals surface area (Å²) in [6, 6.07) is 0. The highest BCUT2D eigenvalue weighted by Gasteiger charge is 2.15. The van der Waals surface area contributed by atoms with Crippen LogP contribution in [0.15, 0.2) is 0 Å². The second-order valence-electron chi connectivity index (χ2n) is 4.82. The molecule has 1 heterocycles. The van der Waals surface area contributed by atoms with E-state index in [4.69, 9.17) is 0 Å². The molecule has 96 valence electrons. The van der Waals surface area contributed by atoms with Crippen molar-refractivity contribution in [1.29, 1.82) is 0 Å². The number of piperidine rings is 1. The van der Waals surface area contributed by atoms with Crippen molar-refractivity contribution in [3.63, 3.8) is 0 Å². The van der Waals surface area contributed by atoms with Gasteiger partial charge < -0.3 is 10.0 Å². The second-order valence-corrected chi connectivity index (χ2v) is 6.46. The predicted octanol–water partition coefficient (Wildman–Crippen LogP) is 2.29. The topological polar surface area (TPSA) is 26.7 Å². The largest absolute Gasteiger partial charge is 0.393 e. The van der Waals surface area contributed by atoms with E-state index < -0.39 is 0 Å². The number of halogens is 1. The van der Waals surface area contributed by atoms with E-state index in [0.717, 1.165) is 25.9 Å². The Hall–Kier alpha value is 0.610. The van der Waals surface area contributed by atoms with Crippen LogP contribution in [0.5, 0.6) is 0 Å². The molecular formula is C12H25IN2O. The molecule has 0 aromatic carbocycles. The van der Waals surface area contributed by atoms with Crippen molar-refractivity contribution in [2.45, 2.75) is 44.6 Å². The summed E-state index contributed by atoms with van der Waals surface area (Å²) in [5.41, 5.74) is 0. The first-order valence-electron chi connectivity index (χ1n) is 6.46. The Morgan fingerprint density at radius 2 is 1.81 bits per heavy atom. The van der Waals surface area contributed by atoms with E-state index in [1.807, 2.05) is 0 Å². The van der Waals surface area contributed by atoms with Gasteiger partial charge in [0.1, 0.15) is 0 Å². The van der Waals surface area contributed by atoms with Crippen LogP contribution < -0.4 is 0 Å². The minimum atomic E-state index is -0.0320. The molecule has 1 aliphatic rings. The molecule has 1 fully saturated rings. The average molecular weight is 340 g/mol. The Kier molecular flexibility index (Phi) is 7.94. The van der Waals surface area contributed by atoms with Crippen LogP contribution in [0.4, 0.5) is 0 Å². The molecule has 0 bridgehead atoms. The summed E-state index contributed by atoms with van der Waals surface area (Å²) >= 11 is 2.34. The molecule has 0 radical (unpaired) electrons. The van der Waals surface area contributed by atoms with Crippen molar-refractivity contribution < 1.29 is 5.11 Å². The standard InChI is InChI=1S/C12H25IN2O/c1-14(13)8-4-2-3-5-9-15-10-6-12(16)7-11-15/h12,16H,2-11H2,1H3. The fraction of sp³-hybridized carbons (Fsp3) is 1.00. The van der Waals surface area contributed by atoms with Crippen molar-refractivity contribution >= 4 is 22.9 Å². The highest BCUT2D eigenvalue weighted by molar-refractivity contribution is 14.1. The van der Waals surface area contributed by atoms with Crippen molar-refractivity contribution in [3.05, 3.63) is 0 Å². The molecule has 1 rings (SSSR count). The van der Waals surface area contributed by atoms with Crippen LogP contribution in [-0.2, 0) is 0 Å². The number of rotatable bonds is 7. The lowest BCUT2D eigenvalue weighted by atomic mass is 10.1. The number of hydrogen-bond donors (Lipinski definition) is 1. The summed E-state index contributed by atoms with van der Waals surface area (Å²) in [4.78, 5) is 2.50.